The van der Waals surface area contributed by atoms with Crippen LogP contribution in [0.2, 0.25) is 0 Å². The number of nitrogens with one attached hydrogen (secondary N) is 1. The molecule has 0 unspecified atom stereocenters. The third kappa shape index (κ3) is 2.17. The summed E-state index contributed by atoms with van der Waals surface area (Å²) in [6, 6.07) is 1.90. The molecule has 0 spiro atoms. The number of nitrogens with zero attached hydrogens (tertiary/aromatic N) is 2. The molecule has 0 aliphatic heterocycles. The first kappa shape index (κ1) is 9.00. The van der Waals surface area contributed by atoms with Gasteiger partial charge >= 0.3 is 5.97 Å². The fourth-order valence-electron chi connectivity index (χ4n) is 0.737. The van der Waals surface area contributed by atoms with Gasteiger partial charge in [0.25, 0.3) is 0 Å². The average molecular weight is 177 g/mol. The lowest BCUT2D eigenvalue weighted by Crippen LogP contribution is -1.93. The zero-order valence-corrected chi connectivity index (χ0v) is 6.94. The first-order valence-corrected chi connectivity index (χ1v) is 3.47. The zero-order chi connectivity index (χ0) is 9.68. The van der Waals surface area contributed by atoms with Crippen LogP contribution in [0.3, 0.4) is 0 Å². The number of ether oxygens (including phenoxy) is 1. The summed E-state index contributed by atoms with van der Waals surface area (Å²) in [5.74, 6) is -0.468. The van der Waals surface area contributed by atoms with Crippen LogP contribution in [-0.4, -0.2) is 23.3 Å². The second-order valence-electron chi connectivity index (χ2n) is 2.17. The second kappa shape index (κ2) is 4.07. The number of aromatic nitrogens is 2. The quantitative estimate of drug-likeness (QED) is 0.526. The molecule has 1 N–H and O–H groups in total. The number of carbonyl (C=O) groups excluding carboxylic acids is 1. The van der Waals surface area contributed by atoms with E-state index in [1.54, 1.807) is 0 Å². The maximum Gasteiger partial charge on any atom is 0.330 e. The molecule has 1 aromatic rings. The molecule has 13 heavy (non-hydrogen) atoms. The van der Waals surface area contributed by atoms with E-state index in [0.29, 0.717) is 11.3 Å². The third-order valence-electron chi connectivity index (χ3n) is 1.38. The van der Waals surface area contributed by atoms with E-state index in [1.165, 1.54) is 25.5 Å². The van der Waals surface area contributed by atoms with Gasteiger partial charge < -0.3 is 4.74 Å². The van der Waals surface area contributed by atoms with Gasteiger partial charge in [-0.25, -0.2) is 4.79 Å². The number of methoxy groups -OCH3 is 1. The van der Waals surface area contributed by atoms with E-state index >= 15 is 0 Å². The van der Waals surface area contributed by atoms with Crippen molar-refractivity contribution in [2.75, 3.05) is 7.11 Å². The van der Waals surface area contributed by atoms with Crippen molar-refractivity contribution in [3.05, 3.63) is 23.5 Å². The van der Waals surface area contributed by atoms with Crippen molar-refractivity contribution < 1.29 is 9.53 Å². The lowest BCUT2D eigenvalue weighted by molar-refractivity contribution is -0.134. The molecule has 0 radical (unpaired) electrons. The van der Waals surface area contributed by atoms with Crippen LogP contribution in [0.5, 0.6) is 0 Å². The van der Waals surface area contributed by atoms with Crippen LogP contribution in [0, 0.1) is 11.3 Å². The Hall–Kier alpha value is -2.09. The minimum absolute atomic E-state index is 0.320. The summed E-state index contributed by atoms with van der Waals surface area (Å²) in [7, 11) is 1.28. The lowest BCUT2D eigenvalue weighted by Gasteiger charge is -1.88. The molecule has 0 saturated carbocycles. The highest BCUT2D eigenvalue weighted by molar-refractivity contribution is 5.87. The highest BCUT2D eigenvalue weighted by Gasteiger charge is 2.00. The minimum Gasteiger partial charge on any atom is -0.466 e. The fraction of sp³-hybridized carbons (Fsp3) is 0.125. The minimum atomic E-state index is -0.468. The predicted molar refractivity (Wildman–Crippen MR) is 44.4 cm³/mol. The molecule has 1 heterocycles. The Balaban J connectivity index is 2.80. The van der Waals surface area contributed by atoms with Gasteiger partial charge in [-0.2, -0.15) is 10.4 Å². The number of hydrogen-bond acceptors (Lipinski definition) is 4. The van der Waals surface area contributed by atoms with Gasteiger partial charge in [-0.15, -0.1) is 0 Å². The van der Waals surface area contributed by atoms with E-state index in [0.717, 1.165) is 0 Å². The molecule has 0 atom stereocenters. The Morgan fingerprint density at radius 1 is 1.85 bits per heavy atom. The van der Waals surface area contributed by atoms with Crippen molar-refractivity contribution in [3.63, 3.8) is 0 Å². The van der Waals surface area contributed by atoms with Crippen LogP contribution in [0.1, 0.15) is 11.3 Å². The van der Waals surface area contributed by atoms with Crippen LogP contribution in [0.15, 0.2) is 12.3 Å². The van der Waals surface area contributed by atoms with E-state index < -0.39 is 5.97 Å². The summed E-state index contributed by atoms with van der Waals surface area (Å²) in [4.78, 5) is 10.7. The zero-order valence-electron chi connectivity index (χ0n) is 6.94. The Kier molecular flexibility index (Phi) is 2.82. The van der Waals surface area contributed by atoms with Crippen LogP contribution < -0.4 is 0 Å². The van der Waals surface area contributed by atoms with E-state index in [9.17, 15) is 4.79 Å². The van der Waals surface area contributed by atoms with Gasteiger partial charge in [0, 0.05) is 11.6 Å². The number of esters is 1. The standard InChI is InChI=1S/C8H7N3O2/c1-13-8(12)3-2-6-5-10-11-7(6)4-9/h2-3,5H,1H3,(H,10,11). The van der Waals surface area contributed by atoms with Gasteiger partial charge in [0.05, 0.1) is 13.3 Å². The van der Waals surface area contributed by atoms with Crippen LogP contribution in [-0.2, 0) is 9.53 Å². The number of nitriles is 1. The third-order valence-corrected chi connectivity index (χ3v) is 1.38. The molecule has 0 aliphatic carbocycles. The molecule has 1 rings (SSSR count). The maximum absolute atomic E-state index is 10.7. The number of carbonyl (C=O) groups is 1. The highest BCUT2D eigenvalue weighted by atomic mass is 16.5. The summed E-state index contributed by atoms with van der Waals surface area (Å²) in [5.41, 5.74) is 0.882. The van der Waals surface area contributed by atoms with E-state index in [4.69, 9.17) is 5.26 Å². The van der Waals surface area contributed by atoms with Crippen molar-refractivity contribution >= 4 is 12.0 Å². The summed E-state index contributed by atoms with van der Waals surface area (Å²) in [5, 5.41) is 14.7. The molecule has 0 saturated heterocycles. The number of aromatic amines is 1. The molecule has 0 aliphatic rings. The van der Waals surface area contributed by atoms with Crippen molar-refractivity contribution in [2.24, 2.45) is 0 Å². The molecular formula is C8H7N3O2. The molecule has 0 fully saturated rings. The number of H-pyrrole nitrogens is 1. The Labute approximate surface area is 74.6 Å². The number of rotatable bonds is 2. The fourth-order valence-corrected chi connectivity index (χ4v) is 0.737. The molecule has 66 valence electrons. The molecule has 1 aromatic heterocycles. The van der Waals surface area contributed by atoms with Crippen LogP contribution in [0.4, 0.5) is 0 Å². The average Bonchev–Trinajstić information content (AvgIpc) is 2.61. The molecule has 5 nitrogen and oxygen atoms in total. The molecule has 0 aromatic carbocycles. The molecular weight excluding hydrogens is 170 g/mol. The highest BCUT2D eigenvalue weighted by Crippen LogP contribution is 2.04. The molecule has 0 amide bonds. The summed E-state index contributed by atoms with van der Waals surface area (Å²) < 4.78 is 4.38. The normalized spacial score (nSPS) is 9.85. The van der Waals surface area contributed by atoms with Gasteiger partial charge in [0.1, 0.15) is 11.8 Å². The first-order chi connectivity index (χ1) is 6.27. The second-order valence-corrected chi connectivity index (χ2v) is 2.17. The topological polar surface area (TPSA) is 78.8 Å². The number of hydrogen-bond donors (Lipinski definition) is 1. The monoisotopic (exact) mass is 177 g/mol. The van der Waals surface area contributed by atoms with Gasteiger partial charge in [-0.3, -0.25) is 5.10 Å². The van der Waals surface area contributed by atoms with Crippen LogP contribution in [0.25, 0.3) is 6.08 Å². The Bertz CT molecular complexity index is 373. The van der Waals surface area contributed by atoms with Crippen molar-refractivity contribution in [1.29, 1.82) is 5.26 Å². The van der Waals surface area contributed by atoms with Crippen molar-refractivity contribution in [1.82, 2.24) is 10.2 Å². The Morgan fingerprint density at radius 2 is 2.62 bits per heavy atom. The van der Waals surface area contributed by atoms with E-state index in [2.05, 4.69) is 14.9 Å². The van der Waals surface area contributed by atoms with Gasteiger partial charge in [0.2, 0.25) is 0 Å². The predicted octanol–water partition coefficient (Wildman–Crippen LogP) is 0.468. The molecule has 5 heteroatoms. The maximum atomic E-state index is 10.7. The van der Waals surface area contributed by atoms with Crippen LogP contribution >= 0.6 is 0 Å². The first-order valence-electron chi connectivity index (χ1n) is 3.47. The van der Waals surface area contributed by atoms with Crippen molar-refractivity contribution in [2.45, 2.75) is 0 Å². The van der Waals surface area contributed by atoms with Gasteiger partial charge in [-0.05, 0) is 6.08 Å². The van der Waals surface area contributed by atoms with E-state index in [1.807, 2.05) is 6.07 Å². The van der Waals surface area contributed by atoms with Crippen molar-refractivity contribution in [3.8, 4) is 6.07 Å². The summed E-state index contributed by atoms with van der Waals surface area (Å²) in [6.07, 6.45) is 4.15. The largest absolute Gasteiger partial charge is 0.466 e. The lowest BCUT2D eigenvalue weighted by atomic mass is 10.2. The van der Waals surface area contributed by atoms with Gasteiger partial charge in [0.15, 0.2) is 0 Å². The summed E-state index contributed by atoms with van der Waals surface area (Å²) in [6.45, 7) is 0. The molecule has 0 bridgehead atoms. The smallest absolute Gasteiger partial charge is 0.330 e. The Morgan fingerprint density at radius 3 is 3.23 bits per heavy atom. The van der Waals surface area contributed by atoms with Gasteiger partial charge in [-0.1, -0.05) is 0 Å². The summed E-state index contributed by atoms with van der Waals surface area (Å²) >= 11 is 0. The van der Waals surface area contributed by atoms with E-state index in [-0.39, 0.29) is 0 Å². The SMILES string of the molecule is COC(=O)C=Cc1cn[nH]c1C#N.